The van der Waals surface area contributed by atoms with Crippen LogP contribution in [0.5, 0.6) is 11.5 Å². The number of anilines is 1. The lowest BCUT2D eigenvalue weighted by atomic mass is 10.1. The van der Waals surface area contributed by atoms with Crippen molar-refractivity contribution in [1.29, 1.82) is 0 Å². The van der Waals surface area contributed by atoms with Gasteiger partial charge in [0.25, 0.3) is 0 Å². The summed E-state index contributed by atoms with van der Waals surface area (Å²) in [6.07, 6.45) is 3.12. The van der Waals surface area contributed by atoms with E-state index in [2.05, 4.69) is 20.6 Å². The molecule has 1 atom stereocenters. The minimum absolute atomic E-state index is 0.155. The predicted octanol–water partition coefficient (Wildman–Crippen LogP) is 1.92. The molecule has 0 aliphatic carbocycles. The van der Waals surface area contributed by atoms with Gasteiger partial charge in [-0.05, 0) is 36.6 Å². The van der Waals surface area contributed by atoms with Crippen LogP contribution in [0.1, 0.15) is 12.0 Å². The lowest BCUT2D eigenvalue weighted by Crippen LogP contribution is -2.45. The summed E-state index contributed by atoms with van der Waals surface area (Å²) in [4.78, 5) is 10.3. The SMILES string of the molecule is CN=C(NCCc1ccc(OC)cc1O)NC1CCN(c2ncccc2F)C1. The molecule has 7 nitrogen and oxygen atoms in total. The fourth-order valence-electron chi connectivity index (χ4n) is 3.27. The van der Waals surface area contributed by atoms with Gasteiger partial charge >= 0.3 is 0 Å². The highest BCUT2D eigenvalue weighted by Gasteiger charge is 2.25. The Bertz CT molecular complexity index is 830. The molecule has 28 heavy (non-hydrogen) atoms. The number of aliphatic imine (C=N–C) groups is 1. The van der Waals surface area contributed by atoms with Crippen LogP contribution in [-0.2, 0) is 6.42 Å². The molecule has 2 aromatic rings. The zero-order chi connectivity index (χ0) is 19.9. The molecule has 0 radical (unpaired) electrons. The van der Waals surface area contributed by atoms with Gasteiger partial charge in [-0.3, -0.25) is 4.99 Å². The summed E-state index contributed by atoms with van der Waals surface area (Å²) >= 11 is 0. The van der Waals surface area contributed by atoms with Crippen LogP contribution >= 0.6 is 0 Å². The van der Waals surface area contributed by atoms with E-state index in [9.17, 15) is 9.50 Å². The van der Waals surface area contributed by atoms with Crippen LogP contribution in [0, 0.1) is 5.82 Å². The number of pyridine rings is 1. The van der Waals surface area contributed by atoms with Gasteiger partial charge in [-0.1, -0.05) is 6.07 Å². The summed E-state index contributed by atoms with van der Waals surface area (Å²) in [7, 11) is 3.28. The van der Waals surface area contributed by atoms with Gasteiger partial charge in [0.2, 0.25) is 0 Å². The summed E-state index contributed by atoms with van der Waals surface area (Å²) in [5.41, 5.74) is 0.835. The predicted molar refractivity (Wildman–Crippen MR) is 108 cm³/mol. The van der Waals surface area contributed by atoms with Crippen LogP contribution < -0.4 is 20.3 Å². The van der Waals surface area contributed by atoms with E-state index in [1.165, 1.54) is 6.07 Å². The van der Waals surface area contributed by atoms with E-state index in [1.54, 1.807) is 32.5 Å². The van der Waals surface area contributed by atoms with Crippen LogP contribution in [-0.4, -0.2) is 55.9 Å². The van der Waals surface area contributed by atoms with Gasteiger partial charge in [-0.2, -0.15) is 0 Å². The summed E-state index contributed by atoms with van der Waals surface area (Å²) in [5.74, 6) is 1.62. The number of ether oxygens (including phenoxy) is 1. The highest BCUT2D eigenvalue weighted by molar-refractivity contribution is 5.80. The fourth-order valence-corrected chi connectivity index (χ4v) is 3.27. The Morgan fingerprint density at radius 3 is 3.00 bits per heavy atom. The Morgan fingerprint density at radius 1 is 1.43 bits per heavy atom. The normalized spacial score (nSPS) is 16.9. The molecule has 0 amide bonds. The van der Waals surface area contributed by atoms with Gasteiger partial charge in [0, 0.05) is 45.0 Å². The first kappa shape index (κ1) is 19.7. The second-order valence-electron chi connectivity index (χ2n) is 6.63. The maximum atomic E-state index is 13.9. The quantitative estimate of drug-likeness (QED) is 0.519. The molecule has 1 aromatic heterocycles. The van der Waals surface area contributed by atoms with Crippen molar-refractivity contribution >= 4 is 11.8 Å². The van der Waals surface area contributed by atoms with E-state index in [0.29, 0.717) is 37.0 Å². The Hall–Kier alpha value is -3.03. The lowest BCUT2D eigenvalue weighted by molar-refractivity contribution is 0.406. The van der Waals surface area contributed by atoms with Gasteiger partial charge < -0.3 is 25.4 Å². The average Bonchev–Trinajstić information content (AvgIpc) is 3.16. The second-order valence-corrected chi connectivity index (χ2v) is 6.63. The molecule has 0 saturated carbocycles. The van der Waals surface area contributed by atoms with Crippen molar-refractivity contribution in [2.24, 2.45) is 4.99 Å². The number of hydrogen-bond donors (Lipinski definition) is 3. The number of nitrogens with one attached hydrogen (secondary N) is 2. The van der Waals surface area contributed by atoms with Gasteiger partial charge in [-0.25, -0.2) is 9.37 Å². The third kappa shape index (κ3) is 4.82. The van der Waals surface area contributed by atoms with Gasteiger partial charge in [0.15, 0.2) is 17.6 Å². The molecule has 1 unspecified atom stereocenters. The van der Waals surface area contributed by atoms with Crippen molar-refractivity contribution in [2.45, 2.75) is 18.9 Å². The number of benzene rings is 1. The second kappa shape index (κ2) is 9.25. The molecule has 2 heterocycles. The number of halogens is 1. The van der Waals surface area contributed by atoms with Crippen LogP contribution in [0.15, 0.2) is 41.5 Å². The zero-order valence-electron chi connectivity index (χ0n) is 16.2. The molecule has 3 rings (SSSR count). The third-order valence-electron chi connectivity index (χ3n) is 4.77. The van der Waals surface area contributed by atoms with E-state index >= 15 is 0 Å². The van der Waals surface area contributed by atoms with E-state index in [-0.39, 0.29) is 17.6 Å². The smallest absolute Gasteiger partial charge is 0.191 e. The standard InChI is InChI=1S/C20H26FN5O2/c1-22-20(24-10-7-14-5-6-16(28-2)12-18(14)27)25-15-8-11-26(13-15)19-17(21)4-3-9-23-19/h3-6,9,12,15,27H,7-8,10-11,13H2,1-2H3,(H2,22,24,25). The van der Waals surface area contributed by atoms with Crippen LogP contribution in [0.4, 0.5) is 10.2 Å². The molecular weight excluding hydrogens is 361 g/mol. The number of methoxy groups -OCH3 is 1. The molecule has 1 aliphatic heterocycles. The molecule has 8 heteroatoms. The summed E-state index contributed by atoms with van der Waals surface area (Å²) in [6, 6.07) is 8.46. The van der Waals surface area contributed by atoms with E-state index in [4.69, 9.17) is 4.74 Å². The first-order valence-electron chi connectivity index (χ1n) is 9.29. The minimum atomic E-state index is -0.301. The molecule has 3 N–H and O–H groups in total. The molecular formula is C20H26FN5O2. The van der Waals surface area contributed by atoms with Crippen molar-refractivity contribution in [3.8, 4) is 11.5 Å². The molecule has 0 spiro atoms. The minimum Gasteiger partial charge on any atom is -0.508 e. The fraction of sp³-hybridized carbons (Fsp3) is 0.400. The summed E-state index contributed by atoms with van der Waals surface area (Å²) in [6.45, 7) is 2.01. The molecule has 1 aliphatic rings. The Labute approximate surface area is 164 Å². The first-order chi connectivity index (χ1) is 13.6. The lowest BCUT2D eigenvalue weighted by Gasteiger charge is -2.20. The van der Waals surface area contributed by atoms with Crippen molar-refractivity contribution in [3.05, 3.63) is 47.9 Å². The molecule has 1 saturated heterocycles. The summed E-state index contributed by atoms with van der Waals surface area (Å²) in [5, 5.41) is 16.7. The van der Waals surface area contributed by atoms with E-state index < -0.39 is 0 Å². The van der Waals surface area contributed by atoms with Crippen LogP contribution in [0.3, 0.4) is 0 Å². The highest BCUT2D eigenvalue weighted by atomic mass is 19.1. The number of phenols is 1. The number of guanidine groups is 1. The van der Waals surface area contributed by atoms with Crippen LogP contribution in [0.2, 0.25) is 0 Å². The molecule has 150 valence electrons. The van der Waals surface area contributed by atoms with Gasteiger partial charge in [-0.15, -0.1) is 0 Å². The third-order valence-corrected chi connectivity index (χ3v) is 4.77. The van der Waals surface area contributed by atoms with Gasteiger partial charge in [0.05, 0.1) is 7.11 Å². The van der Waals surface area contributed by atoms with Crippen molar-refractivity contribution in [2.75, 3.05) is 38.7 Å². The number of rotatable bonds is 6. The molecule has 0 bridgehead atoms. The van der Waals surface area contributed by atoms with E-state index in [1.807, 2.05) is 17.0 Å². The number of nitrogens with zero attached hydrogens (tertiary/aromatic N) is 3. The van der Waals surface area contributed by atoms with Gasteiger partial charge in [0.1, 0.15) is 11.5 Å². The Morgan fingerprint density at radius 2 is 2.29 bits per heavy atom. The van der Waals surface area contributed by atoms with E-state index in [0.717, 1.165) is 18.5 Å². The Balaban J connectivity index is 1.48. The van der Waals surface area contributed by atoms with Crippen molar-refractivity contribution < 1.29 is 14.2 Å². The summed E-state index contributed by atoms with van der Waals surface area (Å²) < 4.78 is 19.0. The van der Waals surface area contributed by atoms with Crippen molar-refractivity contribution in [1.82, 2.24) is 15.6 Å². The number of hydrogen-bond acceptors (Lipinski definition) is 5. The maximum Gasteiger partial charge on any atom is 0.191 e. The largest absolute Gasteiger partial charge is 0.508 e. The molecule has 1 fully saturated rings. The highest BCUT2D eigenvalue weighted by Crippen LogP contribution is 2.23. The van der Waals surface area contributed by atoms with Crippen molar-refractivity contribution in [3.63, 3.8) is 0 Å². The average molecular weight is 387 g/mol. The zero-order valence-corrected chi connectivity index (χ0v) is 16.2. The Kier molecular flexibility index (Phi) is 6.52. The first-order valence-corrected chi connectivity index (χ1v) is 9.29. The number of aromatic nitrogens is 1. The monoisotopic (exact) mass is 387 g/mol. The van der Waals surface area contributed by atoms with Crippen LogP contribution in [0.25, 0.3) is 0 Å². The topological polar surface area (TPSA) is 82.0 Å². The maximum absolute atomic E-state index is 13.9. The number of phenolic OH excluding ortho intramolecular Hbond substituents is 1. The number of aromatic hydroxyl groups is 1. The molecule has 1 aromatic carbocycles.